The van der Waals surface area contributed by atoms with Crippen LogP contribution in [0.4, 0.5) is 0 Å². The van der Waals surface area contributed by atoms with E-state index in [9.17, 15) is 9.59 Å². The lowest BCUT2D eigenvalue weighted by molar-refractivity contribution is 0.0592. The van der Waals surface area contributed by atoms with E-state index >= 15 is 0 Å². The zero-order valence-corrected chi connectivity index (χ0v) is 25.0. The molecule has 0 radical (unpaired) electrons. The monoisotopic (exact) mass is 602 g/mol. The molecule has 0 unspecified atom stereocenters. The number of esters is 2. The summed E-state index contributed by atoms with van der Waals surface area (Å²) in [6.07, 6.45) is 3.51. The highest BCUT2D eigenvalue weighted by Gasteiger charge is 2.19. The number of benzene rings is 5. The molecule has 8 heteroatoms. The number of fused-ring (bicyclic) bond motifs is 2. The van der Waals surface area contributed by atoms with E-state index < -0.39 is 11.9 Å². The van der Waals surface area contributed by atoms with E-state index in [0.717, 1.165) is 55.2 Å². The van der Waals surface area contributed by atoms with Crippen LogP contribution >= 0.6 is 0 Å². The number of hydrogen-bond acceptors (Lipinski definition) is 8. The highest BCUT2D eigenvalue weighted by atomic mass is 16.5. The van der Waals surface area contributed by atoms with Gasteiger partial charge in [0.2, 0.25) is 0 Å². The third-order valence-corrected chi connectivity index (χ3v) is 7.88. The normalized spacial score (nSPS) is 11.0. The van der Waals surface area contributed by atoms with Crippen molar-refractivity contribution in [1.82, 2.24) is 19.9 Å². The number of ether oxygens (including phenoxy) is 2. The van der Waals surface area contributed by atoms with Crippen molar-refractivity contribution in [2.24, 2.45) is 0 Å². The summed E-state index contributed by atoms with van der Waals surface area (Å²) in [4.78, 5) is 43.0. The van der Waals surface area contributed by atoms with Gasteiger partial charge in [0.25, 0.3) is 0 Å². The lowest BCUT2D eigenvalue weighted by atomic mass is 9.89. The van der Waals surface area contributed by atoms with Gasteiger partial charge in [0.05, 0.1) is 36.7 Å². The number of nitrogens with zero attached hydrogens (tertiary/aromatic N) is 4. The predicted molar refractivity (Wildman–Crippen MR) is 177 cm³/mol. The SMILES string of the molecule is COC(=O)c1ccc(-c2nccc(-c3c4ccccc4c(-c4ccnc(-c5ccc(C(=O)OC)cc5)n4)c4ccccc34)n2)cc1. The Hall–Kier alpha value is -6.28. The molecule has 0 atom stereocenters. The highest BCUT2D eigenvalue weighted by Crippen LogP contribution is 2.43. The minimum absolute atomic E-state index is 0.397. The first-order valence-electron chi connectivity index (χ1n) is 14.5. The summed E-state index contributed by atoms with van der Waals surface area (Å²) in [6, 6.07) is 34.4. The van der Waals surface area contributed by atoms with E-state index in [0.29, 0.717) is 22.8 Å². The summed E-state index contributed by atoms with van der Waals surface area (Å²) in [7, 11) is 2.72. The van der Waals surface area contributed by atoms with Gasteiger partial charge in [-0.1, -0.05) is 72.8 Å². The zero-order chi connectivity index (χ0) is 31.6. The van der Waals surface area contributed by atoms with E-state index in [1.807, 2.05) is 60.7 Å². The van der Waals surface area contributed by atoms with Crippen LogP contribution in [-0.4, -0.2) is 46.1 Å². The second kappa shape index (κ2) is 12.0. The molecule has 2 aromatic heterocycles. The molecule has 46 heavy (non-hydrogen) atoms. The molecule has 5 aromatic carbocycles. The quantitative estimate of drug-likeness (QED) is 0.140. The Morgan fingerprint density at radius 2 is 0.826 bits per heavy atom. The first-order valence-corrected chi connectivity index (χ1v) is 14.5. The Morgan fingerprint density at radius 3 is 1.15 bits per heavy atom. The van der Waals surface area contributed by atoms with Gasteiger partial charge in [-0.25, -0.2) is 29.5 Å². The van der Waals surface area contributed by atoms with E-state index in [1.165, 1.54) is 14.2 Å². The number of rotatable bonds is 6. The minimum Gasteiger partial charge on any atom is -0.465 e. The number of carbonyl (C=O) groups is 2. The second-order valence-corrected chi connectivity index (χ2v) is 10.5. The van der Waals surface area contributed by atoms with E-state index in [4.69, 9.17) is 19.4 Å². The Balaban J connectivity index is 1.38. The molecule has 7 aromatic rings. The van der Waals surface area contributed by atoms with Crippen LogP contribution in [-0.2, 0) is 9.47 Å². The molecule has 0 saturated carbocycles. The van der Waals surface area contributed by atoms with Crippen LogP contribution in [0.5, 0.6) is 0 Å². The second-order valence-electron chi connectivity index (χ2n) is 10.5. The minimum atomic E-state index is -0.397. The summed E-state index contributed by atoms with van der Waals surface area (Å²) in [5.74, 6) is 0.299. The maximum Gasteiger partial charge on any atom is 0.337 e. The molecule has 0 fully saturated rings. The van der Waals surface area contributed by atoms with Crippen molar-refractivity contribution < 1.29 is 19.1 Å². The first-order chi connectivity index (χ1) is 22.6. The molecule has 0 N–H and O–H groups in total. The maximum atomic E-state index is 11.9. The molecular formula is C38H26N4O4. The van der Waals surface area contributed by atoms with Crippen LogP contribution < -0.4 is 0 Å². The van der Waals surface area contributed by atoms with Crippen LogP contribution in [0.2, 0.25) is 0 Å². The van der Waals surface area contributed by atoms with Crippen LogP contribution in [0.15, 0.2) is 122 Å². The summed E-state index contributed by atoms with van der Waals surface area (Å²) in [5.41, 5.74) is 6.00. The lowest BCUT2D eigenvalue weighted by Gasteiger charge is -2.17. The summed E-state index contributed by atoms with van der Waals surface area (Å²) < 4.78 is 9.67. The Labute approximate surface area is 264 Å². The molecule has 2 heterocycles. The van der Waals surface area contributed by atoms with Crippen LogP contribution in [0.25, 0.3) is 66.8 Å². The van der Waals surface area contributed by atoms with Crippen LogP contribution in [0.1, 0.15) is 20.7 Å². The molecule has 0 spiro atoms. The van der Waals surface area contributed by atoms with E-state index in [1.54, 1.807) is 36.7 Å². The van der Waals surface area contributed by atoms with Crippen molar-refractivity contribution in [2.45, 2.75) is 0 Å². The Morgan fingerprint density at radius 1 is 0.478 bits per heavy atom. The molecule has 7 rings (SSSR count). The average Bonchev–Trinajstić information content (AvgIpc) is 3.13. The largest absolute Gasteiger partial charge is 0.465 e. The summed E-state index contributed by atoms with van der Waals surface area (Å²) >= 11 is 0. The van der Waals surface area contributed by atoms with Crippen molar-refractivity contribution in [3.8, 4) is 45.3 Å². The molecule has 0 amide bonds. The summed E-state index contributed by atoms with van der Waals surface area (Å²) in [5, 5.41) is 4.07. The average molecular weight is 603 g/mol. The van der Waals surface area contributed by atoms with Gasteiger partial charge in [-0.05, 0) is 57.9 Å². The summed E-state index contributed by atoms with van der Waals surface area (Å²) in [6.45, 7) is 0. The smallest absolute Gasteiger partial charge is 0.337 e. The fourth-order valence-corrected chi connectivity index (χ4v) is 5.70. The predicted octanol–water partition coefficient (Wildman–Crippen LogP) is 7.81. The fourth-order valence-electron chi connectivity index (χ4n) is 5.70. The standard InChI is InChI=1S/C38H26N4O4/c1-45-37(43)25-15-11-23(12-16-25)35-39-21-19-31(41-35)33-27-7-3-5-9-29(27)34(30-10-6-4-8-28(30)33)32-20-22-40-36(42-32)24-13-17-26(18-14-24)38(44)46-2/h3-22H,1-2H3. The molecule has 222 valence electrons. The molecule has 0 aliphatic heterocycles. The topological polar surface area (TPSA) is 104 Å². The first kappa shape index (κ1) is 28.5. The van der Waals surface area contributed by atoms with Gasteiger partial charge < -0.3 is 9.47 Å². The van der Waals surface area contributed by atoms with E-state index in [-0.39, 0.29) is 0 Å². The molecule has 0 saturated heterocycles. The van der Waals surface area contributed by atoms with Crippen molar-refractivity contribution in [1.29, 1.82) is 0 Å². The van der Waals surface area contributed by atoms with Crippen molar-refractivity contribution in [3.63, 3.8) is 0 Å². The third kappa shape index (κ3) is 5.11. The highest BCUT2D eigenvalue weighted by molar-refractivity contribution is 6.20. The maximum absolute atomic E-state index is 11.9. The zero-order valence-electron chi connectivity index (χ0n) is 25.0. The number of carbonyl (C=O) groups excluding carboxylic acids is 2. The molecule has 8 nitrogen and oxygen atoms in total. The molecule has 0 aliphatic carbocycles. The molecular weight excluding hydrogens is 576 g/mol. The number of aromatic nitrogens is 4. The Bertz CT molecular complexity index is 2050. The van der Waals surface area contributed by atoms with E-state index in [2.05, 4.69) is 34.2 Å². The van der Waals surface area contributed by atoms with Gasteiger partial charge in [-0.2, -0.15) is 0 Å². The molecule has 0 aliphatic rings. The third-order valence-electron chi connectivity index (χ3n) is 7.88. The van der Waals surface area contributed by atoms with Crippen molar-refractivity contribution >= 4 is 33.5 Å². The number of hydrogen-bond donors (Lipinski definition) is 0. The lowest BCUT2D eigenvalue weighted by Crippen LogP contribution is -2.01. The number of methoxy groups -OCH3 is 2. The van der Waals surface area contributed by atoms with Gasteiger partial charge >= 0.3 is 11.9 Å². The van der Waals surface area contributed by atoms with Crippen LogP contribution in [0, 0.1) is 0 Å². The Kier molecular flexibility index (Phi) is 7.44. The van der Waals surface area contributed by atoms with Crippen molar-refractivity contribution in [2.75, 3.05) is 14.2 Å². The van der Waals surface area contributed by atoms with Gasteiger partial charge in [-0.3, -0.25) is 0 Å². The molecule has 0 bridgehead atoms. The van der Waals surface area contributed by atoms with Crippen molar-refractivity contribution in [3.05, 3.63) is 133 Å². The fraction of sp³-hybridized carbons (Fsp3) is 0.0526. The van der Waals surface area contributed by atoms with Gasteiger partial charge in [0.1, 0.15) is 0 Å². The van der Waals surface area contributed by atoms with Gasteiger partial charge in [-0.15, -0.1) is 0 Å². The van der Waals surface area contributed by atoms with Gasteiger partial charge in [0, 0.05) is 34.6 Å². The van der Waals surface area contributed by atoms with Gasteiger partial charge in [0.15, 0.2) is 11.6 Å². The van der Waals surface area contributed by atoms with Crippen LogP contribution in [0.3, 0.4) is 0 Å².